The molecule has 4 heteroatoms. The summed E-state index contributed by atoms with van der Waals surface area (Å²) in [6.07, 6.45) is 4.04. The molecule has 2 aromatic rings. The highest BCUT2D eigenvalue weighted by molar-refractivity contribution is 5.99. The first kappa shape index (κ1) is 8.74. The fourth-order valence-electron chi connectivity index (χ4n) is 1.58. The lowest BCUT2D eigenvalue weighted by molar-refractivity contribution is 0.322. The van der Waals surface area contributed by atoms with Crippen molar-refractivity contribution < 1.29 is 5.21 Å². The summed E-state index contributed by atoms with van der Waals surface area (Å²) in [6, 6.07) is 3.82. The minimum absolute atomic E-state index is 0.833. The van der Waals surface area contributed by atoms with Gasteiger partial charge in [0.2, 0.25) is 0 Å². The molecular formula is C10H11N3O. The minimum Gasteiger partial charge on any atom is -0.411 e. The normalized spacial score (nSPS) is 11.5. The van der Waals surface area contributed by atoms with E-state index in [0.29, 0.717) is 0 Å². The van der Waals surface area contributed by atoms with Gasteiger partial charge in [-0.05, 0) is 18.6 Å². The summed E-state index contributed by atoms with van der Waals surface area (Å²) in [5, 5.41) is 12.6. The van der Waals surface area contributed by atoms with E-state index in [4.69, 9.17) is 5.21 Å². The van der Waals surface area contributed by atoms with E-state index >= 15 is 0 Å². The number of rotatable bonds is 2. The van der Waals surface area contributed by atoms with Crippen LogP contribution in [0.5, 0.6) is 0 Å². The van der Waals surface area contributed by atoms with Crippen LogP contribution in [-0.2, 0) is 6.42 Å². The molecule has 0 amide bonds. The van der Waals surface area contributed by atoms with Crippen LogP contribution in [0, 0.1) is 0 Å². The van der Waals surface area contributed by atoms with Gasteiger partial charge in [-0.25, -0.2) is 4.98 Å². The molecule has 0 saturated carbocycles. The van der Waals surface area contributed by atoms with E-state index in [1.54, 1.807) is 6.20 Å². The molecule has 2 aromatic heterocycles. The molecule has 2 N–H and O–H groups in total. The van der Waals surface area contributed by atoms with Crippen molar-refractivity contribution in [2.75, 3.05) is 0 Å². The molecule has 0 atom stereocenters. The molecule has 2 rings (SSSR count). The highest BCUT2D eigenvalue weighted by Crippen LogP contribution is 2.19. The van der Waals surface area contributed by atoms with Gasteiger partial charge in [-0.3, -0.25) is 0 Å². The topological polar surface area (TPSA) is 61.3 Å². The lowest BCUT2D eigenvalue weighted by Gasteiger charge is -1.92. The summed E-state index contributed by atoms with van der Waals surface area (Å²) >= 11 is 0. The van der Waals surface area contributed by atoms with Crippen LogP contribution in [0.4, 0.5) is 0 Å². The first-order chi connectivity index (χ1) is 6.86. The molecule has 0 saturated heterocycles. The molecule has 4 nitrogen and oxygen atoms in total. The van der Waals surface area contributed by atoms with Gasteiger partial charge in [0.05, 0.1) is 6.21 Å². The quantitative estimate of drug-likeness (QED) is 0.431. The fourth-order valence-corrected chi connectivity index (χ4v) is 1.58. The summed E-state index contributed by atoms with van der Waals surface area (Å²) in [5.41, 5.74) is 2.79. The molecule has 0 aliphatic rings. The minimum atomic E-state index is 0.833. The van der Waals surface area contributed by atoms with Crippen molar-refractivity contribution in [3.05, 3.63) is 29.6 Å². The molecule has 0 aromatic carbocycles. The molecule has 14 heavy (non-hydrogen) atoms. The van der Waals surface area contributed by atoms with Crippen molar-refractivity contribution in [3.8, 4) is 0 Å². The van der Waals surface area contributed by atoms with Gasteiger partial charge in [0.25, 0.3) is 0 Å². The second-order valence-electron chi connectivity index (χ2n) is 3.01. The van der Waals surface area contributed by atoms with Gasteiger partial charge in [-0.1, -0.05) is 12.1 Å². The van der Waals surface area contributed by atoms with Gasteiger partial charge in [0, 0.05) is 22.8 Å². The lowest BCUT2D eigenvalue weighted by atomic mass is 10.1. The first-order valence-corrected chi connectivity index (χ1v) is 4.49. The standard InChI is InChI=1S/C10H11N3O/c1-2-9-8(6-12-14)7-4-3-5-11-10(7)13-9/h3-6,14H,2H2,1H3,(H,11,13)/b12-6+. The van der Waals surface area contributed by atoms with E-state index in [1.807, 2.05) is 19.1 Å². The highest BCUT2D eigenvalue weighted by atomic mass is 16.4. The zero-order chi connectivity index (χ0) is 9.97. The molecule has 0 aliphatic heterocycles. The Morgan fingerprint density at radius 3 is 3.21 bits per heavy atom. The van der Waals surface area contributed by atoms with Crippen molar-refractivity contribution in [2.45, 2.75) is 13.3 Å². The zero-order valence-corrected chi connectivity index (χ0v) is 7.86. The van der Waals surface area contributed by atoms with Crippen molar-refractivity contribution in [1.82, 2.24) is 9.97 Å². The number of aromatic nitrogens is 2. The number of fused-ring (bicyclic) bond motifs is 1. The Morgan fingerprint density at radius 2 is 2.50 bits per heavy atom. The van der Waals surface area contributed by atoms with Gasteiger partial charge < -0.3 is 10.2 Å². The van der Waals surface area contributed by atoms with E-state index in [-0.39, 0.29) is 0 Å². The maximum Gasteiger partial charge on any atom is 0.138 e. The molecule has 0 radical (unpaired) electrons. The number of H-pyrrole nitrogens is 1. The van der Waals surface area contributed by atoms with Crippen LogP contribution in [0.2, 0.25) is 0 Å². The van der Waals surface area contributed by atoms with E-state index in [2.05, 4.69) is 15.1 Å². The zero-order valence-electron chi connectivity index (χ0n) is 7.86. The monoisotopic (exact) mass is 189 g/mol. The number of pyridine rings is 1. The Kier molecular flexibility index (Phi) is 2.18. The van der Waals surface area contributed by atoms with Gasteiger partial charge >= 0.3 is 0 Å². The number of hydrogen-bond acceptors (Lipinski definition) is 3. The molecule has 0 unspecified atom stereocenters. The van der Waals surface area contributed by atoms with Crippen LogP contribution < -0.4 is 0 Å². The smallest absolute Gasteiger partial charge is 0.138 e. The summed E-state index contributed by atoms with van der Waals surface area (Å²) in [6.45, 7) is 2.04. The van der Waals surface area contributed by atoms with Crippen LogP contribution >= 0.6 is 0 Å². The second kappa shape index (κ2) is 3.49. The van der Waals surface area contributed by atoms with E-state index in [1.165, 1.54) is 6.21 Å². The Morgan fingerprint density at radius 1 is 1.64 bits per heavy atom. The highest BCUT2D eigenvalue weighted by Gasteiger charge is 2.08. The Labute approximate surface area is 81.3 Å². The molecule has 0 aliphatic carbocycles. The summed E-state index contributed by atoms with van der Waals surface area (Å²) in [4.78, 5) is 7.38. The van der Waals surface area contributed by atoms with Crippen LogP contribution in [0.1, 0.15) is 18.2 Å². The average Bonchev–Trinajstić information content (AvgIpc) is 2.58. The predicted molar refractivity (Wildman–Crippen MR) is 54.9 cm³/mol. The van der Waals surface area contributed by atoms with Gasteiger partial charge in [0.1, 0.15) is 5.65 Å². The maximum atomic E-state index is 8.55. The molecule has 2 heterocycles. The third-order valence-electron chi connectivity index (χ3n) is 2.23. The van der Waals surface area contributed by atoms with Crippen molar-refractivity contribution in [3.63, 3.8) is 0 Å². The number of aromatic amines is 1. The summed E-state index contributed by atoms with van der Waals surface area (Å²) in [7, 11) is 0. The summed E-state index contributed by atoms with van der Waals surface area (Å²) < 4.78 is 0. The Balaban J connectivity index is 2.74. The maximum absolute atomic E-state index is 8.55. The third-order valence-corrected chi connectivity index (χ3v) is 2.23. The van der Waals surface area contributed by atoms with Gasteiger partial charge in [-0.2, -0.15) is 0 Å². The number of aryl methyl sites for hydroxylation is 1. The molecular weight excluding hydrogens is 178 g/mol. The Bertz CT molecular complexity index is 473. The third kappa shape index (κ3) is 1.25. The van der Waals surface area contributed by atoms with Crippen molar-refractivity contribution >= 4 is 17.2 Å². The van der Waals surface area contributed by atoms with Crippen LogP contribution in [0.25, 0.3) is 11.0 Å². The predicted octanol–water partition coefficient (Wildman–Crippen LogP) is 1.93. The SMILES string of the molecule is CCc1[nH]c2ncccc2c1/C=N/O. The van der Waals surface area contributed by atoms with Crippen LogP contribution in [-0.4, -0.2) is 21.4 Å². The van der Waals surface area contributed by atoms with Crippen LogP contribution in [0.15, 0.2) is 23.5 Å². The van der Waals surface area contributed by atoms with Crippen molar-refractivity contribution in [2.24, 2.45) is 5.16 Å². The lowest BCUT2D eigenvalue weighted by Crippen LogP contribution is -1.87. The first-order valence-electron chi connectivity index (χ1n) is 4.49. The summed E-state index contributed by atoms with van der Waals surface area (Å²) in [5.74, 6) is 0. The number of nitrogens with zero attached hydrogens (tertiary/aromatic N) is 2. The molecule has 72 valence electrons. The second-order valence-corrected chi connectivity index (χ2v) is 3.01. The number of hydrogen-bond donors (Lipinski definition) is 2. The van der Waals surface area contributed by atoms with Gasteiger partial charge in [-0.15, -0.1) is 0 Å². The Hall–Kier alpha value is -1.84. The van der Waals surface area contributed by atoms with Crippen molar-refractivity contribution in [1.29, 1.82) is 0 Å². The number of oxime groups is 1. The van der Waals surface area contributed by atoms with Gasteiger partial charge in [0.15, 0.2) is 0 Å². The van der Waals surface area contributed by atoms with E-state index < -0.39 is 0 Å². The fraction of sp³-hybridized carbons (Fsp3) is 0.200. The van der Waals surface area contributed by atoms with E-state index in [0.717, 1.165) is 28.7 Å². The van der Waals surface area contributed by atoms with E-state index in [9.17, 15) is 0 Å². The van der Waals surface area contributed by atoms with Crippen LogP contribution in [0.3, 0.4) is 0 Å². The number of nitrogens with one attached hydrogen (secondary N) is 1. The largest absolute Gasteiger partial charge is 0.411 e. The average molecular weight is 189 g/mol. The molecule has 0 fully saturated rings. The molecule has 0 spiro atoms. The molecule has 0 bridgehead atoms.